The van der Waals surface area contributed by atoms with E-state index in [1.165, 1.54) is 11.8 Å². The maximum Gasteiger partial charge on any atom is 0.252 e. The smallest absolute Gasteiger partial charge is 0.252 e. The Morgan fingerprint density at radius 2 is 1.96 bits per heavy atom. The van der Waals surface area contributed by atoms with E-state index >= 15 is 0 Å². The highest BCUT2D eigenvalue weighted by Crippen LogP contribution is 2.41. The van der Waals surface area contributed by atoms with Crippen LogP contribution in [0, 0.1) is 6.92 Å². The molecule has 2 heterocycles. The number of thioether (sulfide) groups is 1. The summed E-state index contributed by atoms with van der Waals surface area (Å²) >= 11 is 7.50. The number of hydrogen-bond acceptors (Lipinski definition) is 4. The molecular formula is C20H19ClN2O3S2. The molecule has 2 unspecified atom stereocenters. The SMILES string of the molecule is Cc1ccc(CC(=O)N=C2SC3CS(=O)(=O)CC3N2c2cccc(Cl)c2)cc1. The van der Waals surface area contributed by atoms with Crippen LogP contribution in [0.4, 0.5) is 5.69 Å². The number of hydrogen-bond donors (Lipinski definition) is 0. The van der Waals surface area contributed by atoms with Crippen LogP contribution in [0.2, 0.25) is 5.02 Å². The van der Waals surface area contributed by atoms with Crippen molar-refractivity contribution in [3.05, 3.63) is 64.7 Å². The van der Waals surface area contributed by atoms with E-state index in [1.807, 2.05) is 48.2 Å². The van der Waals surface area contributed by atoms with Gasteiger partial charge in [-0.1, -0.05) is 59.3 Å². The first-order chi connectivity index (χ1) is 13.3. The number of nitrogens with zero attached hydrogens (tertiary/aromatic N) is 2. The van der Waals surface area contributed by atoms with E-state index < -0.39 is 9.84 Å². The molecule has 28 heavy (non-hydrogen) atoms. The molecule has 2 aliphatic heterocycles. The fraction of sp³-hybridized carbons (Fsp3) is 0.300. The molecule has 146 valence electrons. The Labute approximate surface area is 173 Å². The van der Waals surface area contributed by atoms with E-state index in [1.54, 1.807) is 12.1 Å². The van der Waals surface area contributed by atoms with Crippen molar-refractivity contribution in [3.8, 4) is 0 Å². The van der Waals surface area contributed by atoms with E-state index in [0.29, 0.717) is 10.2 Å². The van der Waals surface area contributed by atoms with Gasteiger partial charge in [-0.15, -0.1) is 0 Å². The number of aliphatic imine (C=N–C) groups is 1. The van der Waals surface area contributed by atoms with Gasteiger partial charge in [0.15, 0.2) is 15.0 Å². The Morgan fingerprint density at radius 1 is 1.21 bits per heavy atom. The first kappa shape index (κ1) is 19.5. The lowest BCUT2D eigenvalue weighted by Gasteiger charge is -2.24. The lowest BCUT2D eigenvalue weighted by molar-refractivity contribution is -0.117. The topological polar surface area (TPSA) is 66.8 Å². The maximum atomic E-state index is 12.6. The molecule has 2 aromatic rings. The molecule has 0 N–H and O–H groups in total. The van der Waals surface area contributed by atoms with Gasteiger partial charge in [-0.05, 0) is 30.7 Å². The van der Waals surface area contributed by atoms with Gasteiger partial charge >= 0.3 is 0 Å². The van der Waals surface area contributed by atoms with Crippen LogP contribution in [0.5, 0.6) is 0 Å². The molecule has 4 rings (SSSR count). The summed E-state index contributed by atoms with van der Waals surface area (Å²) in [5, 5.41) is 0.969. The lowest BCUT2D eigenvalue weighted by atomic mass is 10.1. The van der Waals surface area contributed by atoms with Gasteiger partial charge in [-0.2, -0.15) is 4.99 Å². The molecule has 2 fully saturated rings. The van der Waals surface area contributed by atoms with Crippen LogP contribution < -0.4 is 4.90 Å². The molecule has 2 atom stereocenters. The second-order valence-electron chi connectivity index (χ2n) is 7.10. The fourth-order valence-electron chi connectivity index (χ4n) is 3.52. The van der Waals surface area contributed by atoms with Gasteiger partial charge in [0, 0.05) is 16.0 Å². The molecule has 0 radical (unpaired) electrons. The fourth-order valence-corrected chi connectivity index (χ4v) is 7.63. The van der Waals surface area contributed by atoms with Crippen molar-refractivity contribution in [3.63, 3.8) is 0 Å². The Kier molecular flexibility index (Phi) is 5.24. The number of amides is 1. The number of rotatable bonds is 3. The van der Waals surface area contributed by atoms with Crippen molar-refractivity contribution >= 4 is 50.0 Å². The summed E-state index contributed by atoms with van der Waals surface area (Å²) in [6, 6.07) is 14.7. The molecule has 2 saturated heterocycles. The largest absolute Gasteiger partial charge is 0.316 e. The van der Waals surface area contributed by atoms with Gasteiger partial charge in [0.05, 0.1) is 24.0 Å². The third-order valence-electron chi connectivity index (χ3n) is 4.85. The van der Waals surface area contributed by atoms with Gasteiger partial charge in [-0.25, -0.2) is 8.42 Å². The lowest BCUT2D eigenvalue weighted by Crippen LogP contribution is -2.37. The minimum absolute atomic E-state index is 0.0579. The van der Waals surface area contributed by atoms with Crippen molar-refractivity contribution < 1.29 is 13.2 Å². The van der Waals surface area contributed by atoms with Crippen LogP contribution >= 0.6 is 23.4 Å². The zero-order valence-corrected chi connectivity index (χ0v) is 17.6. The zero-order chi connectivity index (χ0) is 19.9. The van der Waals surface area contributed by atoms with Crippen molar-refractivity contribution in [1.82, 2.24) is 0 Å². The molecule has 1 amide bonds. The van der Waals surface area contributed by atoms with E-state index in [0.717, 1.165) is 16.8 Å². The number of carbonyl (C=O) groups excluding carboxylic acids is 1. The second-order valence-corrected chi connectivity index (χ2v) is 10.9. The number of benzene rings is 2. The van der Waals surface area contributed by atoms with E-state index in [2.05, 4.69) is 4.99 Å². The molecule has 0 spiro atoms. The van der Waals surface area contributed by atoms with E-state index in [4.69, 9.17) is 11.6 Å². The van der Waals surface area contributed by atoms with E-state index in [9.17, 15) is 13.2 Å². The number of halogens is 1. The quantitative estimate of drug-likeness (QED) is 0.739. The van der Waals surface area contributed by atoms with Gasteiger partial charge in [0.1, 0.15) is 0 Å². The summed E-state index contributed by atoms with van der Waals surface area (Å²) in [5.74, 6) is -0.0892. The monoisotopic (exact) mass is 434 g/mol. The van der Waals surface area contributed by atoms with Crippen LogP contribution in [0.1, 0.15) is 11.1 Å². The van der Waals surface area contributed by atoms with E-state index in [-0.39, 0.29) is 35.1 Å². The summed E-state index contributed by atoms with van der Waals surface area (Å²) in [5.41, 5.74) is 2.79. The maximum absolute atomic E-state index is 12.6. The second kappa shape index (κ2) is 7.54. The highest BCUT2D eigenvalue weighted by Gasteiger charge is 2.49. The third kappa shape index (κ3) is 4.11. The van der Waals surface area contributed by atoms with Gasteiger partial charge in [0.25, 0.3) is 5.91 Å². The van der Waals surface area contributed by atoms with Crippen LogP contribution in [-0.2, 0) is 21.1 Å². The molecule has 2 aromatic carbocycles. The average Bonchev–Trinajstić information content (AvgIpc) is 3.07. The van der Waals surface area contributed by atoms with Crippen LogP contribution in [0.15, 0.2) is 53.5 Å². The predicted octanol–water partition coefficient (Wildman–Crippen LogP) is 3.49. The minimum Gasteiger partial charge on any atom is -0.316 e. The third-order valence-corrected chi connectivity index (χ3v) is 8.29. The molecule has 5 nitrogen and oxygen atoms in total. The Morgan fingerprint density at radius 3 is 2.68 bits per heavy atom. The first-order valence-corrected chi connectivity index (χ1v) is 12.0. The Bertz CT molecular complexity index is 1050. The number of aryl methyl sites for hydroxylation is 1. The molecular weight excluding hydrogens is 416 g/mol. The molecule has 0 aliphatic carbocycles. The van der Waals surface area contributed by atoms with Crippen LogP contribution in [-0.4, -0.2) is 42.3 Å². The number of sulfone groups is 1. The standard InChI is InChI=1S/C20H19ClN2O3S2/c1-13-5-7-14(8-6-13)9-19(24)22-20-23(16-4-2-3-15(21)10-16)17-11-28(25,26)12-18(17)27-20/h2-8,10,17-18H,9,11-12H2,1H3. The minimum atomic E-state index is -3.10. The normalized spacial score (nSPS) is 24.5. The van der Waals surface area contributed by atoms with Gasteiger partial charge in [-0.3, -0.25) is 4.79 Å². The van der Waals surface area contributed by atoms with Crippen LogP contribution in [0.25, 0.3) is 0 Å². The summed E-state index contributed by atoms with van der Waals surface area (Å²) in [4.78, 5) is 18.8. The highest BCUT2D eigenvalue weighted by molar-refractivity contribution is 8.16. The Balaban J connectivity index is 1.63. The summed E-state index contributed by atoms with van der Waals surface area (Å²) in [6.45, 7) is 2.00. The van der Waals surface area contributed by atoms with Crippen molar-refractivity contribution in [2.75, 3.05) is 16.4 Å². The highest BCUT2D eigenvalue weighted by atomic mass is 35.5. The Hall–Kier alpha value is -1.83. The molecule has 0 aromatic heterocycles. The molecule has 8 heteroatoms. The average molecular weight is 435 g/mol. The van der Waals surface area contributed by atoms with Gasteiger partial charge < -0.3 is 4.90 Å². The molecule has 0 saturated carbocycles. The number of fused-ring (bicyclic) bond motifs is 1. The number of anilines is 1. The molecule has 0 bridgehead atoms. The first-order valence-electron chi connectivity index (χ1n) is 8.90. The zero-order valence-electron chi connectivity index (χ0n) is 15.2. The van der Waals surface area contributed by atoms with Crippen molar-refractivity contribution in [2.24, 2.45) is 4.99 Å². The number of carbonyl (C=O) groups is 1. The summed E-state index contributed by atoms with van der Waals surface area (Å²) < 4.78 is 24.2. The van der Waals surface area contributed by atoms with Crippen molar-refractivity contribution in [2.45, 2.75) is 24.6 Å². The predicted molar refractivity (Wildman–Crippen MR) is 115 cm³/mol. The van der Waals surface area contributed by atoms with Gasteiger partial charge in [0.2, 0.25) is 0 Å². The van der Waals surface area contributed by atoms with Crippen molar-refractivity contribution in [1.29, 1.82) is 0 Å². The summed E-state index contributed by atoms with van der Waals surface area (Å²) in [6.07, 6.45) is 0.210. The summed E-state index contributed by atoms with van der Waals surface area (Å²) in [7, 11) is -3.10. The molecule has 2 aliphatic rings. The number of amidine groups is 1. The van der Waals surface area contributed by atoms with Crippen LogP contribution in [0.3, 0.4) is 0 Å².